The summed E-state index contributed by atoms with van der Waals surface area (Å²) in [5.41, 5.74) is 4.61. The number of aromatic amines is 1. The average molecular weight is 248 g/mol. The molecule has 6 heteroatoms. The lowest BCUT2D eigenvalue weighted by Gasteiger charge is -2.07. The number of rotatable bonds is 2. The number of hydrogen-bond donors (Lipinski definition) is 2. The quantitative estimate of drug-likeness (QED) is 0.789. The summed E-state index contributed by atoms with van der Waals surface area (Å²) in [7, 11) is 0. The summed E-state index contributed by atoms with van der Waals surface area (Å²) in [5, 5.41) is 0. The fourth-order valence-electron chi connectivity index (χ4n) is 1.01. The van der Waals surface area contributed by atoms with E-state index in [9.17, 15) is 9.59 Å². The largest absolute Gasteiger partial charge is 0.384 e. The van der Waals surface area contributed by atoms with E-state index in [1.165, 1.54) is 4.57 Å². The molecule has 1 aromatic rings. The van der Waals surface area contributed by atoms with Gasteiger partial charge in [-0.25, -0.2) is 4.79 Å². The Labute approximate surface area is 82.7 Å². The lowest BCUT2D eigenvalue weighted by Crippen LogP contribution is -2.32. The first-order valence-electron chi connectivity index (χ1n) is 3.86. The van der Waals surface area contributed by atoms with Crippen LogP contribution in [-0.4, -0.2) is 9.55 Å². The van der Waals surface area contributed by atoms with E-state index in [4.69, 9.17) is 5.73 Å². The van der Waals surface area contributed by atoms with Crippen LogP contribution >= 0.6 is 15.9 Å². The number of nitrogens with one attached hydrogen (secondary N) is 1. The number of nitrogens with two attached hydrogens (primary N) is 1. The van der Waals surface area contributed by atoms with Crippen molar-refractivity contribution >= 4 is 21.7 Å². The SMILES string of the molecule is CCCn1c(N)c(Br)c(=O)[nH]c1=O. The van der Waals surface area contributed by atoms with Crippen LogP contribution in [0, 0.1) is 0 Å². The maximum absolute atomic E-state index is 11.2. The molecule has 0 aliphatic rings. The molecule has 1 heterocycles. The first kappa shape index (κ1) is 10.0. The lowest BCUT2D eigenvalue weighted by molar-refractivity contribution is 0.639. The van der Waals surface area contributed by atoms with Gasteiger partial charge in [0.2, 0.25) is 0 Å². The third-order valence-corrected chi connectivity index (χ3v) is 2.39. The third-order valence-electron chi connectivity index (χ3n) is 1.63. The van der Waals surface area contributed by atoms with Gasteiger partial charge in [0.1, 0.15) is 10.3 Å². The lowest BCUT2D eigenvalue weighted by atomic mass is 10.4. The van der Waals surface area contributed by atoms with Crippen molar-refractivity contribution in [3.05, 3.63) is 25.3 Å². The molecule has 0 aliphatic carbocycles. The topological polar surface area (TPSA) is 80.9 Å². The van der Waals surface area contributed by atoms with E-state index in [2.05, 4.69) is 20.9 Å². The van der Waals surface area contributed by atoms with Crippen LogP contribution in [0.25, 0.3) is 0 Å². The van der Waals surface area contributed by atoms with Gasteiger partial charge < -0.3 is 5.73 Å². The molecule has 0 aliphatic heterocycles. The third kappa shape index (κ3) is 1.82. The highest BCUT2D eigenvalue weighted by molar-refractivity contribution is 9.10. The van der Waals surface area contributed by atoms with E-state index >= 15 is 0 Å². The van der Waals surface area contributed by atoms with Crippen molar-refractivity contribution in [1.82, 2.24) is 9.55 Å². The van der Waals surface area contributed by atoms with Crippen LogP contribution in [0.15, 0.2) is 14.1 Å². The second-order valence-electron chi connectivity index (χ2n) is 2.61. The Hall–Kier alpha value is -1.04. The van der Waals surface area contributed by atoms with Crippen LogP contribution in [0.5, 0.6) is 0 Å². The minimum atomic E-state index is -0.491. The molecule has 13 heavy (non-hydrogen) atoms. The van der Waals surface area contributed by atoms with Crippen LogP contribution in [-0.2, 0) is 6.54 Å². The van der Waals surface area contributed by atoms with Crippen molar-refractivity contribution < 1.29 is 0 Å². The molecule has 0 saturated heterocycles. The maximum atomic E-state index is 11.2. The second kappa shape index (κ2) is 3.78. The molecule has 0 atom stereocenters. The van der Waals surface area contributed by atoms with Gasteiger partial charge in [0, 0.05) is 6.54 Å². The van der Waals surface area contributed by atoms with Gasteiger partial charge in [-0.05, 0) is 22.4 Å². The molecule has 72 valence electrons. The molecule has 0 bridgehead atoms. The molecule has 0 amide bonds. The number of halogens is 1. The normalized spacial score (nSPS) is 10.3. The molecule has 0 unspecified atom stereocenters. The highest BCUT2D eigenvalue weighted by atomic mass is 79.9. The van der Waals surface area contributed by atoms with Gasteiger partial charge in [0.15, 0.2) is 0 Å². The Bertz CT molecular complexity index is 421. The molecule has 5 nitrogen and oxygen atoms in total. The fraction of sp³-hybridized carbons (Fsp3) is 0.429. The number of nitrogens with zero attached hydrogens (tertiary/aromatic N) is 1. The predicted octanol–water partition coefficient (Wildman–Crippen LogP) is 0.291. The molecule has 0 fully saturated rings. The van der Waals surface area contributed by atoms with Gasteiger partial charge in [0.25, 0.3) is 5.56 Å². The predicted molar refractivity (Wildman–Crippen MR) is 53.7 cm³/mol. The highest BCUT2D eigenvalue weighted by Crippen LogP contribution is 2.10. The van der Waals surface area contributed by atoms with Gasteiger partial charge in [0.05, 0.1) is 0 Å². The zero-order valence-corrected chi connectivity index (χ0v) is 8.72. The summed E-state index contributed by atoms with van der Waals surface area (Å²) >= 11 is 3.01. The summed E-state index contributed by atoms with van der Waals surface area (Å²) in [4.78, 5) is 24.4. The van der Waals surface area contributed by atoms with Crippen LogP contribution in [0.1, 0.15) is 13.3 Å². The van der Waals surface area contributed by atoms with Gasteiger partial charge in [-0.3, -0.25) is 14.3 Å². The molecule has 1 aromatic heterocycles. The van der Waals surface area contributed by atoms with Gasteiger partial charge in [-0.2, -0.15) is 0 Å². The van der Waals surface area contributed by atoms with Crippen molar-refractivity contribution in [3.63, 3.8) is 0 Å². The Morgan fingerprint density at radius 1 is 1.54 bits per heavy atom. The van der Waals surface area contributed by atoms with E-state index in [1.54, 1.807) is 0 Å². The summed E-state index contributed by atoms with van der Waals surface area (Å²) in [5.74, 6) is 0.176. The molecule has 3 N–H and O–H groups in total. The molecule has 0 saturated carbocycles. The smallest absolute Gasteiger partial charge is 0.329 e. The van der Waals surface area contributed by atoms with Crippen molar-refractivity contribution in [2.45, 2.75) is 19.9 Å². The monoisotopic (exact) mass is 247 g/mol. The van der Waals surface area contributed by atoms with Crippen LogP contribution in [0.3, 0.4) is 0 Å². The van der Waals surface area contributed by atoms with E-state index in [1.807, 2.05) is 6.92 Å². The van der Waals surface area contributed by atoms with Gasteiger partial charge in [-0.1, -0.05) is 6.92 Å². The maximum Gasteiger partial charge on any atom is 0.329 e. The van der Waals surface area contributed by atoms with E-state index in [-0.39, 0.29) is 10.3 Å². The number of nitrogen functional groups attached to an aromatic ring is 1. The van der Waals surface area contributed by atoms with Crippen LogP contribution in [0.2, 0.25) is 0 Å². The molecule has 0 spiro atoms. The standard InChI is InChI=1S/C7H10BrN3O2/c1-2-3-11-5(9)4(8)6(12)10-7(11)13/h2-3,9H2,1H3,(H,10,12,13). The number of H-pyrrole nitrogens is 1. The minimum Gasteiger partial charge on any atom is -0.384 e. The molecular formula is C7H10BrN3O2. The molecule has 0 aromatic carbocycles. The van der Waals surface area contributed by atoms with Gasteiger partial charge >= 0.3 is 5.69 Å². The van der Waals surface area contributed by atoms with Crippen molar-refractivity contribution in [1.29, 1.82) is 0 Å². The number of aromatic nitrogens is 2. The molecular weight excluding hydrogens is 238 g/mol. The van der Waals surface area contributed by atoms with Crippen molar-refractivity contribution in [2.24, 2.45) is 0 Å². The molecule has 0 radical (unpaired) electrons. The van der Waals surface area contributed by atoms with Crippen molar-refractivity contribution in [3.8, 4) is 0 Å². The average Bonchev–Trinajstić information content (AvgIpc) is 2.09. The van der Waals surface area contributed by atoms with Gasteiger partial charge in [-0.15, -0.1) is 0 Å². The summed E-state index contributed by atoms with van der Waals surface area (Å²) in [6.07, 6.45) is 0.780. The molecule has 1 rings (SSSR count). The van der Waals surface area contributed by atoms with Crippen LogP contribution in [0.4, 0.5) is 5.82 Å². The first-order chi connectivity index (χ1) is 6.07. The zero-order chi connectivity index (χ0) is 10.0. The fourth-order valence-corrected chi connectivity index (χ4v) is 1.32. The second-order valence-corrected chi connectivity index (χ2v) is 3.40. The Morgan fingerprint density at radius 2 is 2.15 bits per heavy atom. The Kier molecular flexibility index (Phi) is 2.92. The Morgan fingerprint density at radius 3 is 2.69 bits per heavy atom. The summed E-state index contributed by atoms with van der Waals surface area (Å²) in [6, 6.07) is 0. The van der Waals surface area contributed by atoms with E-state index in [0.29, 0.717) is 6.54 Å². The van der Waals surface area contributed by atoms with E-state index < -0.39 is 11.2 Å². The highest BCUT2D eigenvalue weighted by Gasteiger charge is 2.07. The zero-order valence-electron chi connectivity index (χ0n) is 7.13. The minimum absolute atomic E-state index is 0.176. The first-order valence-corrected chi connectivity index (χ1v) is 4.65. The number of anilines is 1. The van der Waals surface area contributed by atoms with Crippen LogP contribution < -0.4 is 17.0 Å². The van der Waals surface area contributed by atoms with Crippen molar-refractivity contribution in [2.75, 3.05) is 5.73 Å². The van der Waals surface area contributed by atoms with E-state index in [0.717, 1.165) is 6.42 Å². The number of hydrogen-bond acceptors (Lipinski definition) is 3. The summed E-state index contributed by atoms with van der Waals surface area (Å²) < 4.78 is 1.53. The Balaban J connectivity index is 3.44. The summed E-state index contributed by atoms with van der Waals surface area (Å²) in [6.45, 7) is 2.42.